The van der Waals surface area contributed by atoms with Gasteiger partial charge in [-0.1, -0.05) is 47.1 Å². The minimum Gasteiger partial charge on any atom is -0.335 e. The first kappa shape index (κ1) is 20.5. The lowest BCUT2D eigenvalue weighted by Crippen LogP contribution is -2.23. The quantitative estimate of drug-likeness (QED) is 0.459. The van der Waals surface area contributed by atoms with Crippen LogP contribution in [0.15, 0.2) is 64.2 Å². The highest BCUT2D eigenvalue weighted by Crippen LogP contribution is 2.30. The van der Waals surface area contributed by atoms with Crippen molar-refractivity contribution in [2.24, 2.45) is 0 Å². The monoisotopic (exact) mass is 436 g/mol. The average Bonchev–Trinajstić information content (AvgIpc) is 3.18. The van der Waals surface area contributed by atoms with Gasteiger partial charge in [0.15, 0.2) is 5.78 Å². The van der Waals surface area contributed by atoms with Gasteiger partial charge in [0.2, 0.25) is 5.91 Å². The lowest BCUT2D eigenvalue weighted by Gasteiger charge is -2.08. The Morgan fingerprint density at radius 2 is 1.97 bits per heavy atom. The summed E-state index contributed by atoms with van der Waals surface area (Å²) in [5.74, 6) is -0.394. The van der Waals surface area contributed by atoms with Gasteiger partial charge < -0.3 is 9.84 Å². The van der Waals surface area contributed by atoms with Gasteiger partial charge in [0.05, 0.1) is 5.02 Å². The standard InChI is InChI=1S/C22H17ClN4O4/c1-13(28)14-5-4-6-15(11-14)25-18(29)9-10-27-12-24-21-19(22(27)30)20(26-31-21)16-7-2-3-8-17(16)23/h2-8,11-12H,9-10H2,1H3,(H,25,29). The van der Waals surface area contributed by atoms with E-state index in [1.807, 2.05) is 0 Å². The molecule has 156 valence electrons. The molecule has 31 heavy (non-hydrogen) atoms. The number of hydrogen-bond acceptors (Lipinski definition) is 6. The fourth-order valence-electron chi connectivity index (χ4n) is 3.14. The summed E-state index contributed by atoms with van der Waals surface area (Å²) in [5.41, 5.74) is 1.59. The number of ketones is 1. The molecule has 0 fully saturated rings. The number of carbonyl (C=O) groups is 2. The molecule has 8 nitrogen and oxygen atoms in total. The van der Waals surface area contributed by atoms with Gasteiger partial charge in [-0.15, -0.1) is 0 Å². The molecule has 0 saturated carbocycles. The highest BCUT2D eigenvalue weighted by molar-refractivity contribution is 6.33. The van der Waals surface area contributed by atoms with Crippen molar-refractivity contribution in [3.8, 4) is 11.3 Å². The van der Waals surface area contributed by atoms with Crippen LogP contribution < -0.4 is 10.9 Å². The molecule has 0 atom stereocenters. The van der Waals surface area contributed by atoms with E-state index in [2.05, 4.69) is 15.5 Å². The second-order valence-corrected chi connectivity index (χ2v) is 7.28. The number of fused-ring (bicyclic) bond motifs is 1. The molecule has 2 aromatic heterocycles. The predicted octanol–water partition coefficient (Wildman–Crippen LogP) is 3.94. The Bertz CT molecular complexity index is 1360. The Hall–Kier alpha value is -3.78. The molecule has 0 spiro atoms. The normalized spacial score (nSPS) is 10.9. The van der Waals surface area contributed by atoms with Crippen LogP contribution in [0.5, 0.6) is 0 Å². The van der Waals surface area contributed by atoms with Crippen LogP contribution in [-0.2, 0) is 11.3 Å². The van der Waals surface area contributed by atoms with Crippen molar-refractivity contribution in [2.45, 2.75) is 19.9 Å². The van der Waals surface area contributed by atoms with Gasteiger partial charge in [-0.2, -0.15) is 0 Å². The van der Waals surface area contributed by atoms with E-state index in [-0.39, 0.29) is 41.3 Å². The van der Waals surface area contributed by atoms with Crippen molar-refractivity contribution in [1.29, 1.82) is 0 Å². The van der Waals surface area contributed by atoms with Crippen LogP contribution in [-0.4, -0.2) is 26.4 Å². The van der Waals surface area contributed by atoms with Gasteiger partial charge in [-0.3, -0.25) is 19.0 Å². The second kappa shape index (κ2) is 8.53. The van der Waals surface area contributed by atoms with Crippen LogP contribution in [0.1, 0.15) is 23.7 Å². The van der Waals surface area contributed by atoms with Gasteiger partial charge in [0.1, 0.15) is 17.4 Å². The average molecular weight is 437 g/mol. The van der Waals surface area contributed by atoms with Crippen molar-refractivity contribution in [1.82, 2.24) is 14.7 Å². The van der Waals surface area contributed by atoms with Crippen LogP contribution in [0.2, 0.25) is 5.02 Å². The number of aromatic nitrogens is 3. The summed E-state index contributed by atoms with van der Waals surface area (Å²) >= 11 is 6.23. The first-order valence-electron chi connectivity index (χ1n) is 9.44. The summed E-state index contributed by atoms with van der Waals surface area (Å²) in [5, 5.41) is 7.32. The van der Waals surface area contributed by atoms with E-state index in [0.29, 0.717) is 27.5 Å². The topological polar surface area (TPSA) is 107 Å². The van der Waals surface area contributed by atoms with Crippen molar-refractivity contribution < 1.29 is 14.1 Å². The first-order chi connectivity index (χ1) is 14.9. The SMILES string of the molecule is CC(=O)c1cccc(NC(=O)CCn2cnc3onc(-c4ccccc4Cl)c3c2=O)c1. The molecule has 0 aliphatic carbocycles. The van der Waals surface area contributed by atoms with Gasteiger partial charge >= 0.3 is 0 Å². The maximum Gasteiger partial charge on any atom is 0.266 e. The van der Waals surface area contributed by atoms with Crippen molar-refractivity contribution in [3.05, 3.63) is 75.8 Å². The van der Waals surface area contributed by atoms with E-state index in [9.17, 15) is 14.4 Å². The molecule has 0 aliphatic rings. The Balaban J connectivity index is 1.55. The number of nitrogens with zero attached hydrogens (tertiary/aromatic N) is 3. The first-order valence-corrected chi connectivity index (χ1v) is 9.82. The predicted molar refractivity (Wildman–Crippen MR) is 116 cm³/mol. The van der Waals surface area contributed by atoms with Gasteiger partial charge in [-0.25, -0.2) is 4.98 Å². The number of benzene rings is 2. The number of carbonyl (C=O) groups excluding carboxylic acids is 2. The molecule has 1 N–H and O–H groups in total. The highest BCUT2D eigenvalue weighted by Gasteiger charge is 2.19. The largest absolute Gasteiger partial charge is 0.335 e. The van der Waals surface area contributed by atoms with Crippen LogP contribution in [0.3, 0.4) is 0 Å². The lowest BCUT2D eigenvalue weighted by atomic mass is 10.1. The molecule has 0 bridgehead atoms. The molecule has 0 unspecified atom stereocenters. The van der Waals surface area contributed by atoms with E-state index in [1.165, 1.54) is 17.8 Å². The third-order valence-electron chi connectivity index (χ3n) is 4.72. The fraction of sp³-hybridized carbons (Fsp3) is 0.136. The third kappa shape index (κ3) is 4.24. The Labute approximate surface area is 181 Å². The van der Waals surface area contributed by atoms with Crippen LogP contribution in [0.4, 0.5) is 5.69 Å². The molecule has 2 heterocycles. The third-order valence-corrected chi connectivity index (χ3v) is 5.05. The van der Waals surface area contributed by atoms with Crippen molar-refractivity contribution in [2.75, 3.05) is 5.32 Å². The van der Waals surface area contributed by atoms with Gasteiger partial charge in [0.25, 0.3) is 11.3 Å². The maximum atomic E-state index is 13.0. The summed E-state index contributed by atoms with van der Waals surface area (Å²) in [6.07, 6.45) is 1.35. The van der Waals surface area contributed by atoms with Crippen molar-refractivity contribution in [3.63, 3.8) is 0 Å². The number of halogens is 1. The van der Waals surface area contributed by atoms with E-state index in [1.54, 1.807) is 48.5 Å². The Morgan fingerprint density at radius 3 is 2.74 bits per heavy atom. The molecule has 0 saturated heterocycles. The minimum absolute atomic E-state index is 0.0318. The molecule has 4 rings (SSSR count). The van der Waals surface area contributed by atoms with Crippen molar-refractivity contribution >= 4 is 40.1 Å². The number of nitrogens with one attached hydrogen (secondary N) is 1. The highest BCUT2D eigenvalue weighted by atomic mass is 35.5. The van der Waals surface area contributed by atoms with Gasteiger partial charge in [-0.05, 0) is 25.1 Å². The number of aryl methyl sites for hydroxylation is 1. The van der Waals surface area contributed by atoms with E-state index in [0.717, 1.165) is 0 Å². The number of rotatable bonds is 6. The van der Waals surface area contributed by atoms with E-state index >= 15 is 0 Å². The van der Waals surface area contributed by atoms with Gasteiger partial charge in [0, 0.05) is 29.8 Å². The zero-order valence-corrected chi connectivity index (χ0v) is 17.2. The molecule has 4 aromatic rings. The number of amides is 1. The molecule has 0 aliphatic heterocycles. The summed E-state index contributed by atoms with van der Waals surface area (Å²) < 4.78 is 6.51. The molecule has 1 amide bonds. The summed E-state index contributed by atoms with van der Waals surface area (Å²) in [6.45, 7) is 1.56. The van der Waals surface area contributed by atoms with Crippen LogP contribution in [0, 0.1) is 0 Å². The van der Waals surface area contributed by atoms with Crippen LogP contribution in [0.25, 0.3) is 22.4 Å². The zero-order valence-electron chi connectivity index (χ0n) is 16.5. The molecular formula is C22H17ClN4O4. The Morgan fingerprint density at radius 1 is 1.16 bits per heavy atom. The second-order valence-electron chi connectivity index (χ2n) is 6.87. The fourth-order valence-corrected chi connectivity index (χ4v) is 3.36. The Kier molecular flexibility index (Phi) is 5.64. The minimum atomic E-state index is -0.382. The number of Topliss-reactive ketones (excluding diaryl/α,β-unsaturated/α-hetero) is 1. The molecule has 0 radical (unpaired) electrons. The lowest BCUT2D eigenvalue weighted by molar-refractivity contribution is -0.116. The number of hydrogen-bond donors (Lipinski definition) is 1. The molecule has 2 aromatic carbocycles. The molecule has 9 heteroatoms. The summed E-state index contributed by atoms with van der Waals surface area (Å²) in [6, 6.07) is 13.6. The number of anilines is 1. The smallest absolute Gasteiger partial charge is 0.266 e. The molecular weight excluding hydrogens is 420 g/mol. The van der Waals surface area contributed by atoms with E-state index in [4.69, 9.17) is 16.1 Å². The summed E-state index contributed by atoms with van der Waals surface area (Å²) in [7, 11) is 0. The zero-order chi connectivity index (χ0) is 22.0. The summed E-state index contributed by atoms with van der Waals surface area (Å²) in [4.78, 5) is 41.0. The van der Waals surface area contributed by atoms with E-state index < -0.39 is 0 Å². The maximum absolute atomic E-state index is 13.0. The van der Waals surface area contributed by atoms with Crippen LogP contribution >= 0.6 is 11.6 Å².